The van der Waals surface area contributed by atoms with Gasteiger partial charge in [-0.25, -0.2) is 4.98 Å². The number of likely N-dealkylation sites (tertiary alicyclic amines) is 1. The van der Waals surface area contributed by atoms with Crippen LogP contribution in [0.25, 0.3) is 11.0 Å². The first-order valence-electron chi connectivity index (χ1n) is 10.9. The van der Waals surface area contributed by atoms with Crippen molar-refractivity contribution in [3.8, 4) is 0 Å². The molecule has 0 bridgehead atoms. The quantitative estimate of drug-likeness (QED) is 0.459. The highest BCUT2D eigenvalue weighted by atomic mass is 15.3. The molecule has 2 aromatic heterocycles. The molecule has 5 rings (SSSR count). The van der Waals surface area contributed by atoms with Gasteiger partial charge in [0.15, 0.2) is 5.96 Å². The number of aryl methyl sites for hydroxylation is 1. The van der Waals surface area contributed by atoms with Crippen LogP contribution in [0.5, 0.6) is 0 Å². The highest BCUT2D eigenvalue weighted by molar-refractivity contribution is 5.75. The summed E-state index contributed by atoms with van der Waals surface area (Å²) in [5, 5.41) is 7.76. The van der Waals surface area contributed by atoms with E-state index in [0.717, 1.165) is 62.2 Å². The second kappa shape index (κ2) is 8.07. The van der Waals surface area contributed by atoms with Gasteiger partial charge in [-0.1, -0.05) is 18.2 Å². The van der Waals surface area contributed by atoms with Gasteiger partial charge in [-0.3, -0.25) is 15.3 Å². The predicted octanol–water partition coefficient (Wildman–Crippen LogP) is 3.20. The summed E-state index contributed by atoms with van der Waals surface area (Å²) < 4.78 is 0. The zero-order valence-corrected chi connectivity index (χ0v) is 17.2. The standard InChI is InChI=1S/C23H29N7/c24-23(25)29-13-10-17(11-14-29)30(15-21-27-18-7-1-2-8-19(18)28-21)20-9-3-5-16-6-4-12-26-22(16)20/h1-2,4,6-8,12,17,20H,3,5,9-11,13-15H2,(H3,24,25)(H,27,28). The molecule has 7 heteroatoms. The molecule has 0 radical (unpaired) electrons. The van der Waals surface area contributed by atoms with Gasteiger partial charge in [-0.15, -0.1) is 0 Å². The fourth-order valence-electron chi connectivity index (χ4n) is 5.09. The first kappa shape index (κ1) is 19.1. The normalized spacial score (nSPS) is 19.9. The van der Waals surface area contributed by atoms with Crippen LogP contribution in [0.4, 0.5) is 0 Å². The number of H-pyrrole nitrogens is 1. The smallest absolute Gasteiger partial charge is 0.188 e. The molecule has 1 aromatic carbocycles. The Kier molecular flexibility index (Phi) is 5.12. The van der Waals surface area contributed by atoms with Gasteiger partial charge in [0.2, 0.25) is 0 Å². The van der Waals surface area contributed by atoms with Gasteiger partial charge in [0, 0.05) is 25.3 Å². The molecule has 7 nitrogen and oxygen atoms in total. The average molecular weight is 404 g/mol. The molecule has 3 heterocycles. The van der Waals surface area contributed by atoms with Gasteiger partial charge in [0.25, 0.3) is 0 Å². The van der Waals surface area contributed by atoms with Crippen LogP contribution >= 0.6 is 0 Å². The molecule has 0 saturated carbocycles. The summed E-state index contributed by atoms with van der Waals surface area (Å²) in [6.45, 7) is 2.44. The Balaban J connectivity index is 1.46. The number of para-hydroxylation sites is 2. The maximum Gasteiger partial charge on any atom is 0.188 e. The van der Waals surface area contributed by atoms with Crippen molar-refractivity contribution in [2.45, 2.75) is 50.7 Å². The Bertz CT molecular complexity index is 1000. The third-order valence-corrected chi connectivity index (χ3v) is 6.61. The number of nitrogens with zero attached hydrogens (tertiary/aromatic N) is 4. The lowest BCUT2D eigenvalue weighted by atomic mass is 9.88. The number of hydrogen-bond donors (Lipinski definition) is 3. The van der Waals surface area contributed by atoms with Gasteiger partial charge in [-0.2, -0.15) is 0 Å². The molecule has 1 saturated heterocycles. The van der Waals surface area contributed by atoms with Gasteiger partial charge in [0.1, 0.15) is 5.82 Å². The lowest BCUT2D eigenvalue weighted by Crippen LogP contribution is -2.49. The van der Waals surface area contributed by atoms with Gasteiger partial charge in [-0.05, 0) is 55.9 Å². The van der Waals surface area contributed by atoms with Gasteiger partial charge < -0.3 is 15.6 Å². The van der Waals surface area contributed by atoms with E-state index in [2.05, 4.69) is 34.1 Å². The summed E-state index contributed by atoms with van der Waals surface area (Å²) in [6, 6.07) is 13.2. The van der Waals surface area contributed by atoms with Crippen molar-refractivity contribution in [1.82, 2.24) is 24.8 Å². The van der Waals surface area contributed by atoms with Gasteiger partial charge >= 0.3 is 0 Å². The third-order valence-electron chi connectivity index (χ3n) is 6.61. The minimum Gasteiger partial charge on any atom is -0.370 e. The van der Waals surface area contributed by atoms with Crippen molar-refractivity contribution in [3.63, 3.8) is 0 Å². The molecule has 1 aliphatic heterocycles. The van der Waals surface area contributed by atoms with Crippen molar-refractivity contribution < 1.29 is 0 Å². The average Bonchev–Trinajstić information content (AvgIpc) is 3.20. The number of benzene rings is 1. The Hall–Kier alpha value is -2.93. The number of nitrogens with one attached hydrogen (secondary N) is 2. The number of imidazole rings is 1. The van der Waals surface area contributed by atoms with E-state index in [9.17, 15) is 0 Å². The zero-order chi connectivity index (χ0) is 20.5. The van der Waals surface area contributed by atoms with Crippen molar-refractivity contribution in [1.29, 1.82) is 5.41 Å². The van der Waals surface area contributed by atoms with Crippen LogP contribution in [0.3, 0.4) is 0 Å². The van der Waals surface area contributed by atoms with E-state index >= 15 is 0 Å². The number of hydrogen-bond acceptors (Lipinski definition) is 4. The first-order chi connectivity index (χ1) is 14.7. The minimum absolute atomic E-state index is 0.182. The Labute approximate surface area is 176 Å². The van der Waals surface area contributed by atoms with Crippen LogP contribution in [0, 0.1) is 5.41 Å². The second-order valence-electron chi connectivity index (χ2n) is 8.43. The van der Waals surface area contributed by atoms with E-state index in [4.69, 9.17) is 21.1 Å². The van der Waals surface area contributed by atoms with Gasteiger partial charge in [0.05, 0.1) is 29.3 Å². The fraction of sp³-hybridized carbons (Fsp3) is 0.435. The Morgan fingerprint density at radius 2 is 2.00 bits per heavy atom. The SMILES string of the molecule is N=C(N)N1CCC(N(Cc2nc3ccccc3[nH]2)C2CCCc3cccnc32)CC1. The number of piperidine rings is 1. The van der Waals surface area contributed by atoms with Crippen molar-refractivity contribution >= 4 is 17.0 Å². The summed E-state index contributed by atoms with van der Waals surface area (Å²) in [4.78, 5) is 17.8. The van der Waals surface area contributed by atoms with E-state index in [1.807, 2.05) is 23.2 Å². The van der Waals surface area contributed by atoms with Crippen LogP contribution in [0.2, 0.25) is 0 Å². The highest BCUT2D eigenvalue weighted by Crippen LogP contribution is 2.37. The fourth-order valence-corrected chi connectivity index (χ4v) is 5.09. The monoisotopic (exact) mass is 403 g/mol. The maximum absolute atomic E-state index is 7.76. The van der Waals surface area contributed by atoms with Crippen molar-refractivity contribution in [3.05, 3.63) is 59.7 Å². The van der Waals surface area contributed by atoms with Crippen LogP contribution in [0.1, 0.15) is 48.8 Å². The van der Waals surface area contributed by atoms with Crippen molar-refractivity contribution in [2.75, 3.05) is 13.1 Å². The summed E-state index contributed by atoms with van der Waals surface area (Å²) >= 11 is 0. The molecule has 0 spiro atoms. The van der Waals surface area contributed by atoms with Crippen molar-refractivity contribution in [2.24, 2.45) is 5.73 Å². The molecule has 3 aromatic rings. The number of fused-ring (bicyclic) bond motifs is 2. The van der Waals surface area contributed by atoms with Crippen LogP contribution in [0.15, 0.2) is 42.6 Å². The molecule has 0 amide bonds. The lowest BCUT2D eigenvalue weighted by Gasteiger charge is -2.43. The molecule has 30 heavy (non-hydrogen) atoms. The largest absolute Gasteiger partial charge is 0.370 e. The summed E-state index contributed by atoms with van der Waals surface area (Å²) in [5.41, 5.74) is 10.4. The molecule has 1 fully saturated rings. The molecule has 1 unspecified atom stereocenters. The van der Waals surface area contributed by atoms with Crippen LogP contribution in [-0.4, -0.2) is 49.8 Å². The van der Waals surface area contributed by atoms with E-state index in [-0.39, 0.29) is 5.96 Å². The Morgan fingerprint density at radius 1 is 1.17 bits per heavy atom. The third kappa shape index (κ3) is 3.65. The molecular formula is C23H29N7. The molecular weight excluding hydrogens is 374 g/mol. The lowest BCUT2D eigenvalue weighted by molar-refractivity contribution is 0.0688. The topological polar surface area (TPSA) is 97.9 Å². The molecule has 156 valence electrons. The summed E-state index contributed by atoms with van der Waals surface area (Å²) in [6.07, 6.45) is 7.34. The van der Waals surface area contributed by atoms with E-state index < -0.39 is 0 Å². The van der Waals surface area contributed by atoms with E-state index in [0.29, 0.717) is 12.1 Å². The number of guanidine groups is 1. The zero-order valence-electron chi connectivity index (χ0n) is 17.2. The number of aromatic amines is 1. The minimum atomic E-state index is 0.182. The number of pyridine rings is 1. The van der Waals surface area contributed by atoms with E-state index in [1.165, 1.54) is 17.7 Å². The number of aromatic nitrogens is 3. The predicted molar refractivity (Wildman–Crippen MR) is 118 cm³/mol. The van der Waals surface area contributed by atoms with Crippen LogP contribution in [-0.2, 0) is 13.0 Å². The molecule has 1 atom stereocenters. The van der Waals surface area contributed by atoms with Crippen LogP contribution < -0.4 is 5.73 Å². The first-order valence-corrected chi connectivity index (χ1v) is 10.9. The molecule has 1 aliphatic carbocycles. The maximum atomic E-state index is 7.76. The second-order valence-corrected chi connectivity index (χ2v) is 8.43. The summed E-state index contributed by atoms with van der Waals surface area (Å²) in [5.74, 6) is 1.19. The Morgan fingerprint density at radius 3 is 2.80 bits per heavy atom. The number of nitrogens with two attached hydrogens (primary N) is 1. The summed E-state index contributed by atoms with van der Waals surface area (Å²) in [7, 11) is 0. The van der Waals surface area contributed by atoms with E-state index in [1.54, 1.807) is 0 Å². The number of rotatable bonds is 4. The molecule has 4 N–H and O–H groups in total. The highest BCUT2D eigenvalue weighted by Gasteiger charge is 2.34. The molecule has 2 aliphatic rings.